The Morgan fingerprint density at radius 1 is 1.09 bits per heavy atom. The van der Waals surface area contributed by atoms with E-state index in [0.717, 1.165) is 24.3 Å². The molecule has 116 valence electrons. The van der Waals surface area contributed by atoms with Crippen molar-refractivity contribution in [3.8, 4) is 16.9 Å². The molecule has 0 aliphatic rings. The molecule has 0 saturated carbocycles. The van der Waals surface area contributed by atoms with Crippen LogP contribution < -0.4 is 10.2 Å². The molecule has 2 aromatic rings. The summed E-state index contributed by atoms with van der Waals surface area (Å²) >= 11 is 0. The fourth-order valence-electron chi connectivity index (χ4n) is 2.03. The first-order valence-electron chi connectivity index (χ1n) is 6.15. The second kappa shape index (κ2) is 5.98. The lowest BCUT2D eigenvalue weighted by atomic mass is 9.78. The van der Waals surface area contributed by atoms with Crippen LogP contribution in [0.1, 0.15) is 5.56 Å². The molecule has 0 aliphatic heterocycles. The zero-order chi connectivity index (χ0) is 16.5. The highest BCUT2D eigenvalue weighted by molar-refractivity contribution is 6.59. The van der Waals surface area contributed by atoms with Gasteiger partial charge >= 0.3 is 13.3 Å². The third kappa shape index (κ3) is 3.23. The van der Waals surface area contributed by atoms with Crippen LogP contribution in [0.3, 0.4) is 0 Å². The average molecular weight is 314 g/mol. The Balaban J connectivity index is 2.58. The van der Waals surface area contributed by atoms with Gasteiger partial charge < -0.3 is 14.8 Å². The number of halogens is 4. The van der Waals surface area contributed by atoms with Crippen molar-refractivity contribution in [3.63, 3.8) is 0 Å². The van der Waals surface area contributed by atoms with Gasteiger partial charge in [0.2, 0.25) is 0 Å². The fourth-order valence-corrected chi connectivity index (χ4v) is 2.03. The average Bonchev–Trinajstić information content (AvgIpc) is 2.46. The van der Waals surface area contributed by atoms with E-state index < -0.39 is 24.7 Å². The Labute approximate surface area is 123 Å². The van der Waals surface area contributed by atoms with E-state index in [9.17, 15) is 17.6 Å². The van der Waals surface area contributed by atoms with Crippen molar-refractivity contribution >= 4 is 12.6 Å². The largest absolute Gasteiger partial charge is 0.497 e. The first-order valence-corrected chi connectivity index (χ1v) is 6.15. The molecule has 0 amide bonds. The molecule has 0 spiro atoms. The maximum absolute atomic E-state index is 14.1. The van der Waals surface area contributed by atoms with Crippen LogP contribution >= 0.6 is 0 Å². The maximum Gasteiger partial charge on any atom is 0.492 e. The Morgan fingerprint density at radius 2 is 1.77 bits per heavy atom. The number of benzene rings is 2. The summed E-state index contributed by atoms with van der Waals surface area (Å²) in [7, 11) is -0.727. The Morgan fingerprint density at radius 3 is 2.32 bits per heavy atom. The maximum atomic E-state index is 14.1. The van der Waals surface area contributed by atoms with Crippen molar-refractivity contribution < 1.29 is 32.3 Å². The van der Waals surface area contributed by atoms with Crippen molar-refractivity contribution in [2.45, 2.75) is 6.18 Å². The van der Waals surface area contributed by atoms with Gasteiger partial charge in [0.05, 0.1) is 12.7 Å². The van der Waals surface area contributed by atoms with Crippen LogP contribution in [0, 0.1) is 5.82 Å². The molecule has 0 saturated heterocycles. The molecule has 2 rings (SSSR count). The summed E-state index contributed by atoms with van der Waals surface area (Å²) in [6.07, 6.45) is -4.54. The highest BCUT2D eigenvalue weighted by Gasteiger charge is 2.31. The first kappa shape index (κ1) is 16.3. The topological polar surface area (TPSA) is 49.7 Å². The van der Waals surface area contributed by atoms with E-state index in [2.05, 4.69) is 0 Å². The van der Waals surface area contributed by atoms with Gasteiger partial charge in [-0.3, -0.25) is 0 Å². The molecule has 0 aliphatic carbocycles. The van der Waals surface area contributed by atoms with Crippen molar-refractivity contribution in [2.24, 2.45) is 0 Å². The lowest BCUT2D eigenvalue weighted by Gasteiger charge is -2.13. The van der Waals surface area contributed by atoms with E-state index in [0.29, 0.717) is 0 Å². The predicted molar refractivity (Wildman–Crippen MR) is 73.2 cm³/mol. The summed E-state index contributed by atoms with van der Waals surface area (Å²) in [4.78, 5) is 0. The van der Waals surface area contributed by atoms with E-state index in [4.69, 9.17) is 14.8 Å². The lowest BCUT2D eigenvalue weighted by Crippen LogP contribution is -2.31. The van der Waals surface area contributed by atoms with E-state index in [1.54, 1.807) is 0 Å². The molecule has 0 aromatic heterocycles. The van der Waals surface area contributed by atoms with Gasteiger partial charge in [0, 0.05) is 11.0 Å². The quantitative estimate of drug-likeness (QED) is 0.674. The molecule has 0 unspecified atom stereocenters. The molecule has 22 heavy (non-hydrogen) atoms. The van der Waals surface area contributed by atoms with Crippen molar-refractivity contribution in [1.82, 2.24) is 0 Å². The molecule has 0 heterocycles. The summed E-state index contributed by atoms with van der Waals surface area (Å²) in [5.41, 5.74) is -1.25. The molecule has 0 bridgehead atoms. The van der Waals surface area contributed by atoms with Crippen molar-refractivity contribution in [3.05, 3.63) is 47.8 Å². The highest BCUT2D eigenvalue weighted by atomic mass is 19.4. The van der Waals surface area contributed by atoms with Gasteiger partial charge in [0.1, 0.15) is 11.6 Å². The molecule has 8 heteroatoms. The number of hydrogen-bond donors (Lipinski definition) is 2. The van der Waals surface area contributed by atoms with Crippen molar-refractivity contribution in [2.75, 3.05) is 7.11 Å². The number of ether oxygens (including phenoxy) is 1. The molecule has 2 aromatic carbocycles. The van der Waals surface area contributed by atoms with Crippen LogP contribution in [0.25, 0.3) is 11.1 Å². The molecular formula is C14H11BF4O3. The summed E-state index contributed by atoms with van der Waals surface area (Å²) < 4.78 is 57.1. The van der Waals surface area contributed by atoms with Crippen LogP contribution in [0.2, 0.25) is 0 Å². The highest BCUT2D eigenvalue weighted by Crippen LogP contribution is 2.33. The van der Waals surface area contributed by atoms with Crippen molar-refractivity contribution in [1.29, 1.82) is 0 Å². The Kier molecular flexibility index (Phi) is 4.43. The number of rotatable bonds is 3. The van der Waals surface area contributed by atoms with Gasteiger partial charge in [0.15, 0.2) is 0 Å². The normalized spacial score (nSPS) is 11.4. The second-order valence-corrected chi connectivity index (χ2v) is 4.53. The summed E-state index contributed by atoms with van der Waals surface area (Å²) in [6.45, 7) is 0. The smallest absolute Gasteiger partial charge is 0.492 e. The fraction of sp³-hybridized carbons (Fsp3) is 0.143. The Bertz CT molecular complexity index is 686. The number of hydrogen-bond acceptors (Lipinski definition) is 3. The van der Waals surface area contributed by atoms with Crippen LogP contribution in [0.15, 0.2) is 36.4 Å². The van der Waals surface area contributed by atoms with E-state index in [1.807, 2.05) is 0 Å². The summed E-state index contributed by atoms with van der Waals surface area (Å²) in [5.74, 6) is -0.924. The van der Waals surface area contributed by atoms with Gasteiger partial charge in [-0.05, 0) is 29.8 Å². The third-order valence-corrected chi connectivity index (χ3v) is 3.10. The van der Waals surface area contributed by atoms with Gasteiger partial charge in [-0.2, -0.15) is 13.2 Å². The number of alkyl halides is 3. The number of methoxy groups -OCH3 is 1. The predicted octanol–water partition coefficient (Wildman–Crippen LogP) is 2.20. The molecular weight excluding hydrogens is 303 g/mol. The van der Waals surface area contributed by atoms with Crippen LogP contribution in [0.4, 0.5) is 17.6 Å². The minimum absolute atomic E-state index is 0.00426. The summed E-state index contributed by atoms with van der Waals surface area (Å²) in [6, 6.07) is 6.12. The third-order valence-electron chi connectivity index (χ3n) is 3.10. The molecule has 0 fully saturated rings. The zero-order valence-corrected chi connectivity index (χ0v) is 11.4. The van der Waals surface area contributed by atoms with Gasteiger partial charge in [-0.1, -0.05) is 12.1 Å². The van der Waals surface area contributed by atoms with E-state index in [1.165, 1.54) is 19.2 Å². The SMILES string of the molecule is COc1cc(-c2cccc(C(F)(F)F)c2)c(F)cc1B(O)O. The van der Waals surface area contributed by atoms with Crippen LogP contribution in [-0.2, 0) is 6.18 Å². The van der Waals surface area contributed by atoms with E-state index >= 15 is 0 Å². The van der Waals surface area contributed by atoms with Gasteiger partial charge in [-0.15, -0.1) is 0 Å². The second-order valence-electron chi connectivity index (χ2n) is 4.53. The van der Waals surface area contributed by atoms with Crippen LogP contribution in [0.5, 0.6) is 5.75 Å². The minimum atomic E-state index is -4.54. The first-order chi connectivity index (χ1) is 10.2. The standard InChI is InChI=1S/C14H11BF4O3/c1-22-13-6-10(12(16)7-11(13)15(20)21)8-3-2-4-9(5-8)14(17,18)19/h2-7,20-21H,1H3. The van der Waals surface area contributed by atoms with Crippen LogP contribution in [-0.4, -0.2) is 24.3 Å². The monoisotopic (exact) mass is 314 g/mol. The molecule has 2 N–H and O–H groups in total. The molecule has 0 radical (unpaired) electrons. The minimum Gasteiger partial charge on any atom is -0.497 e. The van der Waals surface area contributed by atoms with E-state index in [-0.39, 0.29) is 22.3 Å². The van der Waals surface area contributed by atoms with Gasteiger partial charge in [0.25, 0.3) is 0 Å². The molecule has 0 atom stereocenters. The lowest BCUT2D eigenvalue weighted by molar-refractivity contribution is -0.137. The molecule has 3 nitrogen and oxygen atoms in total. The summed E-state index contributed by atoms with van der Waals surface area (Å²) in [5, 5.41) is 18.3. The zero-order valence-electron chi connectivity index (χ0n) is 11.4. The Hall–Kier alpha value is -2.06. The van der Waals surface area contributed by atoms with Gasteiger partial charge in [-0.25, -0.2) is 4.39 Å².